The average Bonchev–Trinajstić information content (AvgIpc) is 2.77. The van der Waals surface area contributed by atoms with Gasteiger partial charge in [-0.05, 0) is 24.6 Å². The van der Waals surface area contributed by atoms with Crippen molar-refractivity contribution in [2.75, 3.05) is 6.54 Å². The van der Waals surface area contributed by atoms with E-state index in [9.17, 15) is 4.39 Å². The van der Waals surface area contributed by atoms with E-state index in [4.69, 9.17) is 0 Å². The van der Waals surface area contributed by atoms with Crippen molar-refractivity contribution in [3.63, 3.8) is 0 Å². The van der Waals surface area contributed by atoms with Gasteiger partial charge in [-0.2, -0.15) is 0 Å². The molecule has 2 heterocycles. The summed E-state index contributed by atoms with van der Waals surface area (Å²) in [4.78, 5) is 0. The number of hydrogen-bond donors (Lipinski definition) is 1. The van der Waals surface area contributed by atoms with Crippen LogP contribution in [-0.4, -0.2) is 21.3 Å². The third-order valence-corrected chi connectivity index (χ3v) is 3.30. The van der Waals surface area contributed by atoms with Crippen molar-refractivity contribution in [1.29, 1.82) is 0 Å². The van der Waals surface area contributed by atoms with Gasteiger partial charge in [0.2, 0.25) is 0 Å². The highest BCUT2D eigenvalue weighted by atomic mass is 19.1. The van der Waals surface area contributed by atoms with Crippen molar-refractivity contribution in [3.05, 3.63) is 47.3 Å². The van der Waals surface area contributed by atoms with Gasteiger partial charge in [0.05, 0.1) is 6.04 Å². The van der Waals surface area contributed by atoms with Crippen molar-refractivity contribution in [2.24, 2.45) is 0 Å². The molecule has 0 aliphatic carbocycles. The molecule has 1 aromatic carbocycles. The highest BCUT2D eigenvalue weighted by molar-refractivity contribution is 5.20. The topological polar surface area (TPSA) is 42.7 Å². The number of fused-ring (bicyclic) bond motifs is 1. The first-order chi connectivity index (χ1) is 8.74. The first kappa shape index (κ1) is 11.3. The summed E-state index contributed by atoms with van der Waals surface area (Å²) < 4.78 is 15.0. The maximum absolute atomic E-state index is 12.8. The predicted octanol–water partition coefficient (Wildman–Crippen LogP) is 1.67. The van der Waals surface area contributed by atoms with Gasteiger partial charge in [0.1, 0.15) is 17.5 Å². The standard InChI is InChI=1S/C13H15FN4/c1-9-13-17-16-12(18(13)7-6-15-9)8-10-2-4-11(14)5-3-10/h2-5,9,15H,6-8H2,1H3. The normalized spacial score (nSPS) is 18.7. The number of benzene rings is 1. The highest BCUT2D eigenvalue weighted by Gasteiger charge is 2.21. The van der Waals surface area contributed by atoms with Crippen LogP contribution in [0.25, 0.3) is 0 Å². The minimum Gasteiger partial charge on any atom is -0.312 e. The number of nitrogens with zero attached hydrogens (tertiary/aromatic N) is 3. The lowest BCUT2D eigenvalue weighted by atomic mass is 10.1. The van der Waals surface area contributed by atoms with Crippen LogP contribution >= 0.6 is 0 Å². The van der Waals surface area contributed by atoms with E-state index < -0.39 is 0 Å². The molecule has 3 rings (SSSR count). The van der Waals surface area contributed by atoms with Gasteiger partial charge in [-0.1, -0.05) is 12.1 Å². The van der Waals surface area contributed by atoms with E-state index in [-0.39, 0.29) is 11.9 Å². The zero-order valence-electron chi connectivity index (χ0n) is 10.2. The van der Waals surface area contributed by atoms with Crippen LogP contribution in [0.5, 0.6) is 0 Å². The van der Waals surface area contributed by atoms with E-state index >= 15 is 0 Å². The summed E-state index contributed by atoms with van der Waals surface area (Å²) in [5.41, 5.74) is 1.05. The molecule has 1 aliphatic rings. The molecular weight excluding hydrogens is 231 g/mol. The number of aromatic nitrogens is 3. The summed E-state index contributed by atoms with van der Waals surface area (Å²) in [5.74, 6) is 1.73. The van der Waals surface area contributed by atoms with Gasteiger partial charge in [-0.15, -0.1) is 10.2 Å². The van der Waals surface area contributed by atoms with Gasteiger partial charge in [0.15, 0.2) is 0 Å². The van der Waals surface area contributed by atoms with Crippen LogP contribution in [0.2, 0.25) is 0 Å². The second-order valence-electron chi connectivity index (χ2n) is 4.61. The average molecular weight is 246 g/mol. The van der Waals surface area contributed by atoms with Crippen LogP contribution in [0.4, 0.5) is 4.39 Å². The number of nitrogens with one attached hydrogen (secondary N) is 1. The van der Waals surface area contributed by atoms with Crippen LogP contribution in [0, 0.1) is 5.82 Å². The Balaban J connectivity index is 1.87. The molecule has 0 saturated carbocycles. The Labute approximate surface area is 105 Å². The molecule has 0 radical (unpaired) electrons. The van der Waals surface area contributed by atoms with Crippen molar-refractivity contribution in [3.8, 4) is 0 Å². The van der Waals surface area contributed by atoms with E-state index in [0.29, 0.717) is 6.42 Å². The SMILES string of the molecule is CC1NCCn2c(Cc3ccc(F)cc3)nnc21. The molecule has 1 N–H and O–H groups in total. The van der Waals surface area contributed by atoms with Crippen LogP contribution in [0.15, 0.2) is 24.3 Å². The van der Waals surface area contributed by atoms with Crippen LogP contribution in [-0.2, 0) is 13.0 Å². The molecule has 0 spiro atoms. The molecule has 2 aromatic rings. The van der Waals surface area contributed by atoms with Crippen molar-refractivity contribution >= 4 is 0 Å². The summed E-state index contributed by atoms with van der Waals surface area (Å²) in [5, 5.41) is 11.8. The van der Waals surface area contributed by atoms with Gasteiger partial charge in [-0.3, -0.25) is 0 Å². The summed E-state index contributed by atoms with van der Waals surface area (Å²) in [7, 11) is 0. The molecule has 0 bridgehead atoms. The van der Waals surface area contributed by atoms with E-state index in [0.717, 1.165) is 30.3 Å². The zero-order chi connectivity index (χ0) is 12.5. The molecule has 0 saturated heterocycles. The van der Waals surface area contributed by atoms with Crippen molar-refractivity contribution in [2.45, 2.75) is 25.9 Å². The Morgan fingerprint density at radius 2 is 2.11 bits per heavy atom. The van der Waals surface area contributed by atoms with Gasteiger partial charge in [0.25, 0.3) is 0 Å². The predicted molar refractivity (Wildman–Crippen MR) is 65.6 cm³/mol. The minimum absolute atomic E-state index is 0.208. The molecule has 4 nitrogen and oxygen atoms in total. The van der Waals surface area contributed by atoms with Crippen LogP contribution < -0.4 is 5.32 Å². The molecule has 18 heavy (non-hydrogen) atoms. The fraction of sp³-hybridized carbons (Fsp3) is 0.385. The second kappa shape index (κ2) is 4.49. The molecule has 0 fully saturated rings. The van der Waals surface area contributed by atoms with Crippen molar-refractivity contribution in [1.82, 2.24) is 20.1 Å². The number of halogens is 1. The van der Waals surface area contributed by atoms with Gasteiger partial charge < -0.3 is 9.88 Å². The first-order valence-corrected chi connectivity index (χ1v) is 6.14. The number of rotatable bonds is 2. The number of hydrogen-bond acceptors (Lipinski definition) is 3. The fourth-order valence-corrected chi connectivity index (χ4v) is 2.31. The molecule has 94 valence electrons. The largest absolute Gasteiger partial charge is 0.312 e. The Morgan fingerprint density at radius 1 is 1.33 bits per heavy atom. The van der Waals surface area contributed by atoms with E-state index in [1.807, 2.05) is 0 Å². The zero-order valence-corrected chi connectivity index (χ0v) is 10.2. The van der Waals surface area contributed by atoms with Gasteiger partial charge in [-0.25, -0.2) is 4.39 Å². The van der Waals surface area contributed by atoms with Crippen LogP contribution in [0.1, 0.15) is 30.2 Å². The summed E-state index contributed by atoms with van der Waals surface area (Å²) in [6.45, 7) is 3.91. The van der Waals surface area contributed by atoms with Crippen molar-refractivity contribution < 1.29 is 4.39 Å². The maximum atomic E-state index is 12.8. The quantitative estimate of drug-likeness (QED) is 0.876. The lowest BCUT2D eigenvalue weighted by Crippen LogP contribution is -2.32. The summed E-state index contributed by atoms with van der Waals surface area (Å²) in [6, 6.07) is 6.79. The Bertz CT molecular complexity index is 547. The molecule has 1 unspecified atom stereocenters. The Kier molecular flexibility index (Phi) is 2.83. The minimum atomic E-state index is -0.208. The highest BCUT2D eigenvalue weighted by Crippen LogP contribution is 2.17. The third-order valence-electron chi connectivity index (χ3n) is 3.30. The molecular formula is C13H15FN4. The fourth-order valence-electron chi connectivity index (χ4n) is 2.31. The Morgan fingerprint density at radius 3 is 2.89 bits per heavy atom. The Hall–Kier alpha value is -1.75. The monoisotopic (exact) mass is 246 g/mol. The van der Waals surface area contributed by atoms with Gasteiger partial charge in [0, 0.05) is 19.5 Å². The van der Waals surface area contributed by atoms with E-state index in [1.165, 1.54) is 12.1 Å². The van der Waals surface area contributed by atoms with E-state index in [1.54, 1.807) is 12.1 Å². The molecule has 1 atom stereocenters. The first-order valence-electron chi connectivity index (χ1n) is 6.14. The maximum Gasteiger partial charge on any atom is 0.149 e. The lowest BCUT2D eigenvalue weighted by molar-refractivity contribution is 0.431. The lowest BCUT2D eigenvalue weighted by Gasteiger charge is -2.21. The molecule has 0 amide bonds. The third kappa shape index (κ3) is 2.01. The molecule has 1 aliphatic heterocycles. The molecule has 5 heteroatoms. The second-order valence-corrected chi connectivity index (χ2v) is 4.61. The molecule has 1 aromatic heterocycles. The van der Waals surface area contributed by atoms with Crippen LogP contribution in [0.3, 0.4) is 0 Å². The summed E-state index contributed by atoms with van der Waals surface area (Å²) >= 11 is 0. The smallest absolute Gasteiger partial charge is 0.149 e. The van der Waals surface area contributed by atoms with Gasteiger partial charge >= 0.3 is 0 Å². The van der Waals surface area contributed by atoms with E-state index in [2.05, 4.69) is 27.0 Å². The summed E-state index contributed by atoms with van der Waals surface area (Å²) in [6.07, 6.45) is 0.694.